The smallest absolute Gasteiger partial charge is 0.308 e. The molecule has 1 N–H and O–H groups in total. The van der Waals surface area contributed by atoms with Crippen molar-refractivity contribution in [3.05, 3.63) is 59.7 Å². The third kappa shape index (κ3) is 3.36. The summed E-state index contributed by atoms with van der Waals surface area (Å²) in [5.74, 6) is -0.889. The summed E-state index contributed by atoms with van der Waals surface area (Å²) in [4.78, 5) is 26.1. The van der Waals surface area contributed by atoms with E-state index in [4.69, 9.17) is 4.74 Å². The number of amides is 1. The van der Waals surface area contributed by atoms with Crippen molar-refractivity contribution in [2.75, 3.05) is 12.0 Å². The summed E-state index contributed by atoms with van der Waals surface area (Å²) < 4.78 is 5.18. The predicted octanol–water partition coefficient (Wildman–Crippen LogP) is 3.57. The van der Waals surface area contributed by atoms with Gasteiger partial charge in [-0.05, 0) is 43.2 Å². The number of nitrogens with zero attached hydrogens (tertiary/aromatic N) is 1. The van der Waals surface area contributed by atoms with Gasteiger partial charge in [-0.2, -0.15) is 0 Å². The number of aryl methyl sites for hydroxylation is 1. The van der Waals surface area contributed by atoms with E-state index in [0.717, 1.165) is 16.8 Å². The largest absolute Gasteiger partial charge is 0.497 e. The number of benzene rings is 2. The van der Waals surface area contributed by atoms with Gasteiger partial charge in [0.05, 0.1) is 19.1 Å². The number of anilines is 1. The molecule has 1 fully saturated rings. The molecule has 1 amide bonds. The molecular formula is C20H21NO4. The number of carbonyl (C=O) groups is 2. The Hall–Kier alpha value is -2.82. The molecule has 1 saturated heterocycles. The lowest BCUT2D eigenvalue weighted by Crippen LogP contribution is -2.45. The van der Waals surface area contributed by atoms with Gasteiger partial charge in [0, 0.05) is 12.1 Å². The maximum Gasteiger partial charge on any atom is 0.308 e. The van der Waals surface area contributed by atoms with Crippen molar-refractivity contribution in [2.45, 2.75) is 25.8 Å². The zero-order valence-electron chi connectivity index (χ0n) is 14.3. The Morgan fingerprint density at radius 2 is 1.76 bits per heavy atom. The number of ether oxygens (including phenoxy) is 1. The first-order valence-corrected chi connectivity index (χ1v) is 8.26. The molecule has 0 saturated carbocycles. The minimum absolute atomic E-state index is 0.0535. The predicted molar refractivity (Wildman–Crippen MR) is 94.8 cm³/mol. The molecule has 5 heteroatoms. The fraction of sp³-hybridized carbons (Fsp3) is 0.300. The van der Waals surface area contributed by atoms with Gasteiger partial charge >= 0.3 is 5.97 Å². The fourth-order valence-electron chi connectivity index (χ4n) is 3.34. The number of hydrogen-bond acceptors (Lipinski definition) is 3. The topological polar surface area (TPSA) is 66.8 Å². The number of methoxy groups -OCH3 is 1. The third-order valence-electron chi connectivity index (χ3n) is 4.68. The molecule has 2 aromatic rings. The highest BCUT2D eigenvalue weighted by Gasteiger charge is 2.41. The molecule has 2 atom stereocenters. The van der Waals surface area contributed by atoms with E-state index in [1.54, 1.807) is 24.1 Å². The lowest BCUT2D eigenvalue weighted by Gasteiger charge is -2.40. The summed E-state index contributed by atoms with van der Waals surface area (Å²) in [6.07, 6.45) is 0.574. The summed E-state index contributed by atoms with van der Waals surface area (Å²) in [6.45, 7) is 1.98. The summed E-state index contributed by atoms with van der Waals surface area (Å²) in [6, 6.07) is 14.3. The second kappa shape index (κ2) is 6.97. The van der Waals surface area contributed by atoms with Gasteiger partial charge in [-0.3, -0.25) is 9.59 Å². The highest BCUT2D eigenvalue weighted by atomic mass is 16.5. The Morgan fingerprint density at radius 1 is 1.12 bits per heavy atom. The first-order chi connectivity index (χ1) is 12.0. The lowest BCUT2D eigenvalue weighted by atomic mass is 9.84. The van der Waals surface area contributed by atoms with E-state index in [2.05, 4.69) is 0 Å². The van der Waals surface area contributed by atoms with Crippen LogP contribution in [0.25, 0.3) is 0 Å². The molecule has 0 unspecified atom stereocenters. The summed E-state index contributed by atoms with van der Waals surface area (Å²) in [5, 5.41) is 9.70. The Balaban J connectivity index is 2.07. The Morgan fingerprint density at radius 3 is 2.32 bits per heavy atom. The molecule has 2 aromatic carbocycles. The van der Waals surface area contributed by atoms with Crippen LogP contribution in [-0.2, 0) is 9.59 Å². The van der Waals surface area contributed by atoms with Gasteiger partial charge in [-0.1, -0.05) is 29.8 Å². The van der Waals surface area contributed by atoms with Crippen LogP contribution in [0.4, 0.5) is 5.69 Å². The van der Waals surface area contributed by atoms with E-state index in [9.17, 15) is 14.7 Å². The second-order valence-electron chi connectivity index (χ2n) is 6.30. The molecule has 0 spiro atoms. The van der Waals surface area contributed by atoms with E-state index >= 15 is 0 Å². The van der Waals surface area contributed by atoms with Crippen LogP contribution in [0.2, 0.25) is 0 Å². The molecule has 1 heterocycles. The van der Waals surface area contributed by atoms with Crippen molar-refractivity contribution >= 4 is 17.6 Å². The Bertz CT molecular complexity index is 767. The summed E-state index contributed by atoms with van der Waals surface area (Å²) in [7, 11) is 1.58. The normalized spacial score (nSPS) is 20.4. The summed E-state index contributed by atoms with van der Waals surface area (Å²) >= 11 is 0. The van der Waals surface area contributed by atoms with Crippen molar-refractivity contribution < 1.29 is 19.4 Å². The number of carbonyl (C=O) groups excluding carboxylic acids is 1. The van der Waals surface area contributed by atoms with Crippen molar-refractivity contribution in [1.82, 2.24) is 0 Å². The van der Waals surface area contributed by atoms with Crippen molar-refractivity contribution in [3.8, 4) is 5.75 Å². The Kier molecular flexibility index (Phi) is 4.74. The standard InChI is InChI=1S/C20H21NO4/c1-13-3-7-15(8-4-13)21-18(22)12-11-17(20(23)24)19(21)14-5-9-16(25-2)10-6-14/h3-10,17,19H,11-12H2,1-2H3,(H,23,24)/t17-,19+/m1/s1. The molecule has 1 aliphatic rings. The molecule has 0 aromatic heterocycles. The SMILES string of the molecule is COc1ccc([C@H]2[C@H](C(=O)O)CCC(=O)N2c2ccc(C)cc2)cc1. The van der Waals surface area contributed by atoms with Crippen LogP contribution in [0.3, 0.4) is 0 Å². The van der Waals surface area contributed by atoms with Gasteiger partial charge in [0.2, 0.25) is 5.91 Å². The van der Waals surface area contributed by atoms with E-state index < -0.39 is 17.9 Å². The van der Waals surface area contributed by atoms with E-state index in [1.807, 2.05) is 43.3 Å². The minimum Gasteiger partial charge on any atom is -0.497 e. The van der Waals surface area contributed by atoms with Crippen molar-refractivity contribution in [2.24, 2.45) is 5.92 Å². The van der Waals surface area contributed by atoms with Crippen LogP contribution in [0, 0.1) is 12.8 Å². The first-order valence-electron chi connectivity index (χ1n) is 8.26. The number of rotatable bonds is 4. The summed E-state index contributed by atoms with van der Waals surface area (Å²) in [5.41, 5.74) is 2.60. The van der Waals surface area contributed by atoms with Crippen molar-refractivity contribution in [1.29, 1.82) is 0 Å². The average molecular weight is 339 g/mol. The third-order valence-corrected chi connectivity index (χ3v) is 4.68. The van der Waals surface area contributed by atoms with Crippen LogP contribution in [-0.4, -0.2) is 24.1 Å². The highest BCUT2D eigenvalue weighted by Crippen LogP contribution is 2.40. The zero-order chi connectivity index (χ0) is 18.0. The van der Waals surface area contributed by atoms with Crippen molar-refractivity contribution in [3.63, 3.8) is 0 Å². The van der Waals surface area contributed by atoms with Crippen LogP contribution < -0.4 is 9.64 Å². The Labute approximate surface area is 146 Å². The minimum atomic E-state index is -0.884. The van der Waals surface area contributed by atoms with Crippen LogP contribution >= 0.6 is 0 Å². The quantitative estimate of drug-likeness (QED) is 0.925. The van der Waals surface area contributed by atoms with E-state index in [1.165, 1.54) is 0 Å². The van der Waals surface area contributed by atoms with Crippen LogP contribution in [0.1, 0.15) is 30.0 Å². The zero-order valence-corrected chi connectivity index (χ0v) is 14.3. The lowest BCUT2D eigenvalue weighted by molar-refractivity contribution is -0.144. The second-order valence-corrected chi connectivity index (χ2v) is 6.30. The molecular weight excluding hydrogens is 318 g/mol. The van der Waals surface area contributed by atoms with E-state index in [0.29, 0.717) is 12.2 Å². The fourth-order valence-corrected chi connectivity index (χ4v) is 3.34. The number of aliphatic carboxylic acids is 1. The molecule has 3 rings (SSSR count). The maximum absolute atomic E-state index is 12.7. The van der Waals surface area contributed by atoms with Gasteiger partial charge < -0.3 is 14.7 Å². The molecule has 0 aliphatic carbocycles. The first kappa shape index (κ1) is 17.0. The van der Waals surface area contributed by atoms with Crippen LogP contribution in [0.15, 0.2) is 48.5 Å². The molecule has 0 bridgehead atoms. The van der Waals surface area contributed by atoms with Gasteiger partial charge in [0.1, 0.15) is 5.75 Å². The molecule has 0 radical (unpaired) electrons. The number of carboxylic acids is 1. The number of carboxylic acid groups (broad SMARTS) is 1. The van der Waals surface area contributed by atoms with Gasteiger partial charge in [-0.15, -0.1) is 0 Å². The highest BCUT2D eigenvalue weighted by molar-refractivity contribution is 5.96. The van der Waals surface area contributed by atoms with E-state index in [-0.39, 0.29) is 12.3 Å². The number of hydrogen-bond donors (Lipinski definition) is 1. The maximum atomic E-state index is 12.7. The van der Waals surface area contributed by atoms with Gasteiger partial charge in [0.15, 0.2) is 0 Å². The average Bonchev–Trinajstić information content (AvgIpc) is 2.62. The molecule has 5 nitrogen and oxygen atoms in total. The number of piperidine rings is 1. The molecule has 130 valence electrons. The molecule has 25 heavy (non-hydrogen) atoms. The molecule has 1 aliphatic heterocycles. The van der Waals surface area contributed by atoms with Gasteiger partial charge in [0.25, 0.3) is 0 Å². The van der Waals surface area contributed by atoms with Crippen LogP contribution in [0.5, 0.6) is 5.75 Å². The van der Waals surface area contributed by atoms with Gasteiger partial charge in [-0.25, -0.2) is 0 Å². The monoisotopic (exact) mass is 339 g/mol.